The Kier molecular flexibility index (Phi) is 3.14. The zero-order chi connectivity index (χ0) is 12.6. The number of halogens is 1. The van der Waals surface area contributed by atoms with Gasteiger partial charge < -0.3 is 5.73 Å². The molecule has 2 saturated carbocycles. The van der Waals surface area contributed by atoms with Crippen molar-refractivity contribution in [1.82, 2.24) is 9.78 Å². The molecule has 3 rings (SSSR count). The summed E-state index contributed by atoms with van der Waals surface area (Å²) in [5.74, 6) is 0.166. The maximum Gasteiger partial charge on any atom is 0.131 e. The first kappa shape index (κ1) is 12.2. The highest BCUT2D eigenvalue weighted by molar-refractivity contribution is 5.09. The topological polar surface area (TPSA) is 43.8 Å². The van der Waals surface area contributed by atoms with Gasteiger partial charge in [-0.2, -0.15) is 5.10 Å². The van der Waals surface area contributed by atoms with Crippen LogP contribution in [0.4, 0.5) is 4.39 Å². The SMILES string of the molecule is NCC(F)(Cc1ccn(C2CCCC2)n1)C1CC1. The van der Waals surface area contributed by atoms with Crippen LogP contribution in [0.2, 0.25) is 0 Å². The van der Waals surface area contributed by atoms with Crippen LogP contribution in [0, 0.1) is 5.92 Å². The van der Waals surface area contributed by atoms with Crippen molar-refractivity contribution in [3.63, 3.8) is 0 Å². The van der Waals surface area contributed by atoms with Gasteiger partial charge in [-0.3, -0.25) is 4.68 Å². The molecule has 1 aromatic rings. The lowest BCUT2D eigenvalue weighted by Gasteiger charge is -2.22. The number of alkyl halides is 1. The van der Waals surface area contributed by atoms with E-state index < -0.39 is 5.67 Å². The minimum absolute atomic E-state index is 0.119. The number of aromatic nitrogens is 2. The van der Waals surface area contributed by atoms with E-state index in [0.29, 0.717) is 12.5 Å². The third kappa shape index (κ3) is 2.30. The van der Waals surface area contributed by atoms with Gasteiger partial charge in [0.2, 0.25) is 0 Å². The van der Waals surface area contributed by atoms with Crippen molar-refractivity contribution < 1.29 is 4.39 Å². The lowest BCUT2D eigenvalue weighted by atomic mass is 9.94. The van der Waals surface area contributed by atoms with Crippen LogP contribution in [0.3, 0.4) is 0 Å². The Morgan fingerprint density at radius 3 is 2.67 bits per heavy atom. The fourth-order valence-electron chi connectivity index (χ4n) is 3.13. The average molecular weight is 251 g/mol. The van der Waals surface area contributed by atoms with Gasteiger partial charge in [0.1, 0.15) is 5.67 Å². The molecule has 2 N–H and O–H groups in total. The summed E-state index contributed by atoms with van der Waals surface area (Å²) in [4.78, 5) is 0. The highest BCUT2D eigenvalue weighted by Crippen LogP contribution is 2.43. The Balaban J connectivity index is 1.69. The Hall–Kier alpha value is -0.900. The molecule has 4 heteroatoms. The molecule has 1 unspecified atom stereocenters. The molecule has 2 aliphatic rings. The van der Waals surface area contributed by atoms with E-state index in [9.17, 15) is 4.39 Å². The second-order valence-corrected chi connectivity index (χ2v) is 5.92. The minimum Gasteiger partial charge on any atom is -0.328 e. The van der Waals surface area contributed by atoms with Crippen LogP contribution in [0.1, 0.15) is 50.3 Å². The van der Waals surface area contributed by atoms with Crippen molar-refractivity contribution in [3.8, 4) is 0 Å². The molecule has 0 spiro atoms. The van der Waals surface area contributed by atoms with Gasteiger partial charge in [-0.05, 0) is 37.7 Å². The quantitative estimate of drug-likeness (QED) is 0.874. The summed E-state index contributed by atoms with van der Waals surface area (Å²) in [6, 6.07) is 2.50. The predicted molar refractivity (Wildman–Crippen MR) is 69.1 cm³/mol. The van der Waals surface area contributed by atoms with Crippen LogP contribution < -0.4 is 5.73 Å². The number of hydrogen-bond donors (Lipinski definition) is 1. The largest absolute Gasteiger partial charge is 0.328 e. The van der Waals surface area contributed by atoms with Crippen LogP contribution in [-0.4, -0.2) is 22.0 Å². The predicted octanol–water partition coefficient (Wildman–Crippen LogP) is 2.62. The second kappa shape index (κ2) is 4.65. The van der Waals surface area contributed by atoms with E-state index in [0.717, 1.165) is 18.5 Å². The zero-order valence-electron chi connectivity index (χ0n) is 10.8. The first-order valence-corrected chi connectivity index (χ1v) is 7.14. The maximum atomic E-state index is 14.6. The smallest absolute Gasteiger partial charge is 0.131 e. The van der Waals surface area contributed by atoms with Gasteiger partial charge in [0.25, 0.3) is 0 Å². The van der Waals surface area contributed by atoms with Crippen molar-refractivity contribution in [3.05, 3.63) is 18.0 Å². The van der Waals surface area contributed by atoms with E-state index in [4.69, 9.17) is 5.73 Å². The van der Waals surface area contributed by atoms with Gasteiger partial charge in [0.05, 0.1) is 11.7 Å². The summed E-state index contributed by atoms with van der Waals surface area (Å²) in [5, 5.41) is 4.56. The molecule has 18 heavy (non-hydrogen) atoms. The van der Waals surface area contributed by atoms with E-state index >= 15 is 0 Å². The first-order valence-electron chi connectivity index (χ1n) is 7.14. The van der Waals surface area contributed by atoms with Gasteiger partial charge >= 0.3 is 0 Å². The zero-order valence-corrected chi connectivity index (χ0v) is 10.8. The average Bonchev–Trinajstić information content (AvgIpc) is 2.91. The summed E-state index contributed by atoms with van der Waals surface area (Å²) >= 11 is 0. The fraction of sp³-hybridized carbons (Fsp3) is 0.786. The molecular formula is C14H22FN3. The number of hydrogen-bond acceptors (Lipinski definition) is 2. The molecule has 1 aromatic heterocycles. The van der Waals surface area contributed by atoms with Crippen LogP contribution >= 0.6 is 0 Å². The third-order valence-electron chi connectivity index (χ3n) is 4.49. The second-order valence-electron chi connectivity index (χ2n) is 5.92. The van der Waals surface area contributed by atoms with Crippen LogP contribution in [0.25, 0.3) is 0 Å². The molecule has 0 amide bonds. The third-order valence-corrected chi connectivity index (χ3v) is 4.49. The van der Waals surface area contributed by atoms with Gasteiger partial charge in [-0.25, -0.2) is 4.39 Å². The molecule has 0 aliphatic heterocycles. The summed E-state index contributed by atoms with van der Waals surface area (Å²) in [7, 11) is 0. The van der Waals surface area contributed by atoms with Crippen LogP contribution in [0.15, 0.2) is 12.3 Å². The van der Waals surface area contributed by atoms with Gasteiger partial charge in [0.15, 0.2) is 0 Å². The van der Waals surface area contributed by atoms with Gasteiger partial charge in [0, 0.05) is 19.2 Å². The Labute approximate surface area is 108 Å². The Morgan fingerprint density at radius 1 is 1.33 bits per heavy atom. The molecule has 1 heterocycles. The molecule has 2 aliphatic carbocycles. The normalized spacial score (nSPS) is 24.3. The summed E-state index contributed by atoms with van der Waals surface area (Å²) in [5.41, 5.74) is 5.25. The number of nitrogens with zero attached hydrogens (tertiary/aromatic N) is 2. The lowest BCUT2D eigenvalue weighted by molar-refractivity contribution is 0.141. The van der Waals surface area contributed by atoms with Gasteiger partial charge in [-0.15, -0.1) is 0 Å². The summed E-state index contributed by atoms with van der Waals surface area (Å²) in [6.45, 7) is 0.119. The monoisotopic (exact) mass is 251 g/mol. The Bertz CT molecular complexity index is 407. The van der Waals surface area contributed by atoms with E-state index in [1.807, 2.05) is 16.9 Å². The maximum absolute atomic E-state index is 14.6. The van der Waals surface area contributed by atoms with Crippen LogP contribution in [0.5, 0.6) is 0 Å². The van der Waals surface area contributed by atoms with Crippen LogP contribution in [-0.2, 0) is 6.42 Å². The highest BCUT2D eigenvalue weighted by Gasteiger charge is 2.45. The standard InChI is InChI=1S/C14H22FN3/c15-14(10-16,11-5-6-11)9-12-7-8-18(17-12)13-3-1-2-4-13/h7-8,11,13H,1-6,9-10,16H2. The summed E-state index contributed by atoms with van der Waals surface area (Å²) in [6.07, 6.45) is 9.36. The molecule has 0 radical (unpaired) electrons. The molecule has 1 atom stereocenters. The van der Waals surface area contributed by atoms with Crippen molar-refractivity contribution in [1.29, 1.82) is 0 Å². The van der Waals surface area contributed by atoms with E-state index in [-0.39, 0.29) is 12.5 Å². The highest BCUT2D eigenvalue weighted by atomic mass is 19.1. The minimum atomic E-state index is -1.23. The van der Waals surface area contributed by atoms with E-state index in [1.165, 1.54) is 25.7 Å². The number of rotatable bonds is 5. The molecular weight excluding hydrogens is 229 g/mol. The number of nitrogens with two attached hydrogens (primary N) is 1. The molecule has 2 fully saturated rings. The van der Waals surface area contributed by atoms with Crippen molar-refractivity contribution >= 4 is 0 Å². The molecule has 100 valence electrons. The molecule has 0 aromatic carbocycles. The Morgan fingerprint density at radius 2 is 2.06 bits per heavy atom. The van der Waals surface area contributed by atoms with Crippen molar-refractivity contribution in [2.24, 2.45) is 11.7 Å². The van der Waals surface area contributed by atoms with E-state index in [2.05, 4.69) is 5.10 Å². The first-order chi connectivity index (χ1) is 8.71. The van der Waals surface area contributed by atoms with Gasteiger partial charge in [-0.1, -0.05) is 12.8 Å². The fourth-order valence-corrected chi connectivity index (χ4v) is 3.13. The lowest BCUT2D eigenvalue weighted by Crippen LogP contribution is -2.37. The summed E-state index contributed by atoms with van der Waals surface area (Å²) < 4.78 is 16.6. The molecule has 0 bridgehead atoms. The molecule has 3 nitrogen and oxygen atoms in total. The molecule has 0 saturated heterocycles. The van der Waals surface area contributed by atoms with E-state index in [1.54, 1.807) is 0 Å². The van der Waals surface area contributed by atoms with Crippen molar-refractivity contribution in [2.75, 3.05) is 6.54 Å². The van der Waals surface area contributed by atoms with Crippen molar-refractivity contribution in [2.45, 2.75) is 56.7 Å².